The molecule has 0 spiro atoms. The molecule has 2 aliphatic rings. The van der Waals surface area contributed by atoms with Gasteiger partial charge in [0.1, 0.15) is 0 Å². The smallest absolute Gasteiger partial charge is 0.251 e. The number of rotatable bonds is 5. The summed E-state index contributed by atoms with van der Waals surface area (Å²) in [5, 5.41) is 13.4. The van der Waals surface area contributed by atoms with Crippen LogP contribution in [0.1, 0.15) is 67.8 Å². The predicted octanol–water partition coefficient (Wildman–Crippen LogP) is 3.14. The summed E-state index contributed by atoms with van der Waals surface area (Å²) in [6.45, 7) is 4.11. The molecule has 2 fully saturated rings. The lowest BCUT2D eigenvalue weighted by Gasteiger charge is -2.41. The molecule has 2 atom stereocenters. The van der Waals surface area contributed by atoms with Gasteiger partial charge in [0.2, 0.25) is 0 Å². The zero-order valence-electron chi connectivity index (χ0n) is 15.4. The Balaban J connectivity index is 1.47. The molecule has 4 heteroatoms. The van der Waals surface area contributed by atoms with Crippen LogP contribution in [0.4, 0.5) is 0 Å². The van der Waals surface area contributed by atoms with Gasteiger partial charge in [-0.2, -0.15) is 0 Å². The topological polar surface area (TPSA) is 52.6 Å². The number of nitrogens with zero attached hydrogens (tertiary/aromatic N) is 1. The van der Waals surface area contributed by atoms with Crippen molar-refractivity contribution in [1.29, 1.82) is 0 Å². The van der Waals surface area contributed by atoms with E-state index in [-0.39, 0.29) is 18.1 Å². The molecule has 1 aromatic rings. The van der Waals surface area contributed by atoms with E-state index in [4.69, 9.17) is 0 Å². The van der Waals surface area contributed by atoms with Crippen molar-refractivity contribution >= 4 is 5.91 Å². The molecule has 1 aromatic carbocycles. The lowest BCUT2D eigenvalue weighted by atomic mass is 9.89. The number of carbonyl (C=O) groups excluding carboxylic acids is 1. The molecule has 2 unspecified atom stereocenters. The van der Waals surface area contributed by atoms with E-state index in [0.29, 0.717) is 6.04 Å². The molecule has 3 rings (SSSR count). The van der Waals surface area contributed by atoms with Crippen LogP contribution in [-0.2, 0) is 6.42 Å². The molecule has 1 heterocycles. The Morgan fingerprint density at radius 2 is 1.80 bits per heavy atom. The van der Waals surface area contributed by atoms with Crippen LogP contribution in [0.5, 0.6) is 0 Å². The minimum atomic E-state index is -0.165. The van der Waals surface area contributed by atoms with Gasteiger partial charge in [-0.3, -0.25) is 9.69 Å². The molecule has 4 nitrogen and oxygen atoms in total. The van der Waals surface area contributed by atoms with Crippen molar-refractivity contribution in [2.75, 3.05) is 13.1 Å². The average Bonchev–Trinajstić information content (AvgIpc) is 2.64. The van der Waals surface area contributed by atoms with E-state index in [9.17, 15) is 9.90 Å². The molecule has 1 saturated heterocycles. The van der Waals surface area contributed by atoms with Crippen LogP contribution < -0.4 is 5.32 Å². The number of piperidine rings is 1. The molecular weight excluding hydrogens is 312 g/mol. The molecule has 0 radical (unpaired) electrons. The van der Waals surface area contributed by atoms with Gasteiger partial charge in [-0.1, -0.05) is 38.3 Å². The Hall–Kier alpha value is -1.39. The summed E-state index contributed by atoms with van der Waals surface area (Å²) in [5.41, 5.74) is 2.04. The maximum Gasteiger partial charge on any atom is 0.251 e. The predicted molar refractivity (Wildman–Crippen MR) is 101 cm³/mol. The molecule has 138 valence electrons. The van der Waals surface area contributed by atoms with Gasteiger partial charge in [0.05, 0.1) is 6.10 Å². The van der Waals surface area contributed by atoms with E-state index in [1.165, 1.54) is 12.0 Å². The number of hydrogen-bond acceptors (Lipinski definition) is 3. The van der Waals surface area contributed by atoms with Crippen LogP contribution in [0.25, 0.3) is 0 Å². The van der Waals surface area contributed by atoms with Crippen LogP contribution >= 0.6 is 0 Å². The van der Waals surface area contributed by atoms with Gasteiger partial charge < -0.3 is 10.4 Å². The number of carbonyl (C=O) groups is 1. The minimum absolute atomic E-state index is 0.0409. The van der Waals surface area contributed by atoms with Crippen molar-refractivity contribution in [3.63, 3.8) is 0 Å². The van der Waals surface area contributed by atoms with Crippen LogP contribution in [0.15, 0.2) is 24.3 Å². The van der Waals surface area contributed by atoms with Gasteiger partial charge in [-0.15, -0.1) is 0 Å². The zero-order valence-corrected chi connectivity index (χ0v) is 15.4. The number of benzene rings is 1. The fraction of sp³-hybridized carbons (Fsp3) is 0.667. The molecular formula is C21H32N2O2. The molecule has 1 saturated carbocycles. The third-order valence-corrected chi connectivity index (χ3v) is 5.78. The van der Waals surface area contributed by atoms with Gasteiger partial charge >= 0.3 is 0 Å². The third-order valence-electron chi connectivity index (χ3n) is 5.78. The van der Waals surface area contributed by atoms with Crippen LogP contribution in [0.2, 0.25) is 0 Å². The Labute approximate surface area is 151 Å². The molecule has 0 bridgehead atoms. The Morgan fingerprint density at radius 1 is 1.12 bits per heavy atom. The number of likely N-dealkylation sites (tertiary alicyclic amines) is 1. The van der Waals surface area contributed by atoms with Gasteiger partial charge in [0, 0.05) is 30.7 Å². The Bertz CT molecular complexity index is 550. The lowest BCUT2D eigenvalue weighted by molar-refractivity contribution is 0.00727. The van der Waals surface area contributed by atoms with Crippen molar-refractivity contribution < 1.29 is 9.90 Å². The summed E-state index contributed by atoms with van der Waals surface area (Å²) in [6.07, 6.45) is 8.41. The second-order valence-corrected chi connectivity index (χ2v) is 7.65. The van der Waals surface area contributed by atoms with Crippen LogP contribution in [0, 0.1) is 0 Å². The van der Waals surface area contributed by atoms with Gasteiger partial charge in [-0.05, 0) is 49.8 Å². The van der Waals surface area contributed by atoms with Crippen LogP contribution in [0.3, 0.4) is 0 Å². The first-order valence-corrected chi connectivity index (χ1v) is 9.99. The standard InChI is InChI=1S/C21H32N2O2/c1-2-5-16-8-10-17(11-9-16)21(25)22-18-12-14-23(15-13-18)19-6-3-4-7-20(19)24/h8-11,18-20,24H,2-7,12-15H2,1H3,(H,22,25). The number of aliphatic hydroxyl groups excluding tert-OH is 1. The molecule has 25 heavy (non-hydrogen) atoms. The second kappa shape index (κ2) is 8.81. The highest BCUT2D eigenvalue weighted by Crippen LogP contribution is 2.26. The lowest BCUT2D eigenvalue weighted by Crippen LogP contribution is -2.52. The molecule has 2 N–H and O–H groups in total. The number of hydrogen-bond donors (Lipinski definition) is 2. The van der Waals surface area contributed by atoms with E-state index in [0.717, 1.165) is 63.6 Å². The largest absolute Gasteiger partial charge is 0.391 e. The normalized spacial score (nSPS) is 25.7. The number of amides is 1. The number of aliphatic hydroxyl groups is 1. The number of nitrogens with one attached hydrogen (secondary N) is 1. The molecule has 1 aliphatic carbocycles. The quantitative estimate of drug-likeness (QED) is 0.863. The van der Waals surface area contributed by atoms with Crippen molar-refractivity contribution in [1.82, 2.24) is 10.2 Å². The molecule has 0 aromatic heterocycles. The van der Waals surface area contributed by atoms with Gasteiger partial charge in [0.15, 0.2) is 0 Å². The first kappa shape index (κ1) is 18.4. The zero-order chi connectivity index (χ0) is 17.6. The average molecular weight is 344 g/mol. The monoisotopic (exact) mass is 344 g/mol. The maximum absolute atomic E-state index is 12.5. The van der Waals surface area contributed by atoms with Crippen molar-refractivity contribution in [3.8, 4) is 0 Å². The third kappa shape index (κ3) is 4.83. The summed E-state index contributed by atoms with van der Waals surface area (Å²) in [7, 11) is 0. The summed E-state index contributed by atoms with van der Waals surface area (Å²) < 4.78 is 0. The fourth-order valence-corrected chi connectivity index (χ4v) is 4.27. The summed E-state index contributed by atoms with van der Waals surface area (Å²) >= 11 is 0. The van der Waals surface area contributed by atoms with Gasteiger partial charge in [-0.25, -0.2) is 0 Å². The van der Waals surface area contributed by atoms with E-state index in [1.807, 2.05) is 12.1 Å². The van der Waals surface area contributed by atoms with E-state index >= 15 is 0 Å². The molecule has 1 aliphatic heterocycles. The summed E-state index contributed by atoms with van der Waals surface area (Å²) in [4.78, 5) is 14.9. The van der Waals surface area contributed by atoms with E-state index in [2.05, 4.69) is 29.3 Å². The maximum atomic E-state index is 12.5. The number of aryl methyl sites for hydroxylation is 1. The van der Waals surface area contributed by atoms with E-state index < -0.39 is 0 Å². The van der Waals surface area contributed by atoms with Crippen molar-refractivity contribution in [2.24, 2.45) is 0 Å². The first-order valence-electron chi connectivity index (χ1n) is 9.99. The summed E-state index contributed by atoms with van der Waals surface area (Å²) in [5.74, 6) is 0.0409. The van der Waals surface area contributed by atoms with Crippen LogP contribution in [-0.4, -0.2) is 47.2 Å². The Morgan fingerprint density at radius 3 is 2.44 bits per heavy atom. The first-order chi connectivity index (χ1) is 12.2. The Kier molecular flexibility index (Phi) is 6.49. The van der Waals surface area contributed by atoms with Gasteiger partial charge in [0.25, 0.3) is 5.91 Å². The fourth-order valence-electron chi connectivity index (χ4n) is 4.27. The molecule has 1 amide bonds. The van der Waals surface area contributed by atoms with Crippen molar-refractivity contribution in [2.45, 2.75) is 76.5 Å². The SMILES string of the molecule is CCCc1ccc(C(=O)NC2CCN(C3CCCCC3O)CC2)cc1. The minimum Gasteiger partial charge on any atom is -0.391 e. The highest BCUT2D eigenvalue weighted by molar-refractivity contribution is 5.94. The highest BCUT2D eigenvalue weighted by atomic mass is 16.3. The second-order valence-electron chi connectivity index (χ2n) is 7.65. The van der Waals surface area contributed by atoms with E-state index in [1.54, 1.807) is 0 Å². The highest BCUT2D eigenvalue weighted by Gasteiger charge is 2.31. The van der Waals surface area contributed by atoms with Crippen molar-refractivity contribution in [3.05, 3.63) is 35.4 Å². The summed E-state index contributed by atoms with van der Waals surface area (Å²) in [6, 6.07) is 8.58.